The number of rotatable bonds is 5. The van der Waals surface area contributed by atoms with Crippen LogP contribution in [0.2, 0.25) is 0 Å². The Morgan fingerprint density at radius 1 is 0.941 bits per heavy atom. The van der Waals surface area contributed by atoms with Crippen molar-refractivity contribution in [2.75, 3.05) is 7.05 Å². The van der Waals surface area contributed by atoms with Crippen molar-refractivity contribution in [3.05, 3.63) is 12.4 Å². The van der Waals surface area contributed by atoms with Crippen LogP contribution in [0.3, 0.4) is 0 Å². The second-order valence-corrected chi connectivity index (χ2v) is 8.54. The van der Waals surface area contributed by atoms with Crippen molar-refractivity contribution in [1.29, 1.82) is 0 Å². The highest BCUT2D eigenvalue weighted by Gasteiger charge is 2.41. The number of hydrogen-bond acceptors (Lipinski definition) is 3. The lowest BCUT2D eigenvalue weighted by Crippen LogP contribution is -2.63. The molecule has 1 aliphatic heterocycles. The molecule has 1 N–H and O–H groups in total. The highest BCUT2D eigenvalue weighted by Crippen LogP contribution is 2.30. The molecule has 0 saturated heterocycles. The van der Waals surface area contributed by atoms with Crippen LogP contribution in [-0.4, -0.2) is 36.5 Å². The van der Waals surface area contributed by atoms with Crippen molar-refractivity contribution in [2.45, 2.75) is 65.5 Å². The highest BCUT2D eigenvalue weighted by atomic mass is 28.3. The Morgan fingerprint density at radius 3 is 1.53 bits per heavy atom. The Labute approximate surface area is 109 Å². The molecule has 4 heteroatoms. The molecule has 17 heavy (non-hydrogen) atoms. The van der Waals surface area contributed by atoms with Crippen LogP contribution < -0.4 is 4.98 Å². The first-order valence-corrected chi connectivity index (χ1v) is 8.33. The van der Waals surface area contributed by atoms with E-state index in [0.29, 0.717) is 0 Å². The summed E-state index contributed by atoms with van der Waals surface area (Å²) in [6.45, 7) is 13.9. The summed E-state index contributed by atoms with van der Waals surface area (Å²) in [6, 6.07) is 0. The minimum absolute atomic E-state index is 0.245. The fourth-order valence-corrected chi connectivity index (χ4v) is 5.14. The summed E-state index contributed by atoms with van der Waals surface area (Å²) in [4.78, 5) is 3.57. The lowest BCUT2D eigenvalue weighted by Gasteiger charge is -2.45. The topological polar surface area (TPSA) is 18.5 Å². The van der Waals surface area contributed by atoms with E-state index in [-0.39, 0.29) is 11.1 Å². The molecular formula is C13H29N3Si. The van der Waals surface area contributed by atoms with Gasteiger partial charge in [-0.05, 0) is 47.6 Å². The molecule has 100 valence electrons. The summed E-state index contributed by atoms with van der Waals surface area (Å²) < 4.78 is 5.12. The largest absolute Gasteiger partial charge is 0.371 e. The molecule has 0 atom stereocenters. The number of hydrogen-bond donors (Lipinski definition) is 1. The van der Waals surface area contributed by atoms with Gasteiger partial charge in [-0.1, -0.05) is 13.8 Å². The fourth-order valence-electron chi connectivity index (χ4n) is 2.15. The predicted molar refractivity (Wildman–Crippen MR) is 77.8 cm³/mol. The quantitative estimate of drug-likeness (QED) is 0.761. The van der Waals surface area contributed by atoms with Gasteiger partial charge in [-0.25, -0.2) is 0 Å². The normalized spacial score (nSPS) is 18.3. The minimum Gasteiger partial charge on any atom is -0.371 e. The molecule has 0 aromatic carbocycles. The zero-order valence-electron chi connectivity index (χ0n) is 12.5. The van der Waals surface area contributed by atoms with Gasteiger partial charge in [-0.15, -0.1) is 0 Å². The van der Waals surface area contributed by atoms with Crippen LogP contribution in [-0.2, 0) is 0 Å². The van der Waals surface area contributed by atoms with Gasteiger partial charge in [-0.3, -0.25) is 0 Å². The third-order valence-electron chi connectivity index (χ3n) is 4.30. The van der Waals surface area contributed by atoms with Gasteiger partial charge in [0.15, 0.2) is 0 Å². The first-order chi connectivity index (χ1) is 7.80. The standard InChI is InChI=1S/C13H29N3Si/c1-8-12(3,4)15-10-11-16(17(15)14-7)13(5,6)9-2/h10-11,14,17H,8-9H2,1-7H3. The van der Waals surface area contributed by atoms with Gasteiger partial charge >= 0.3 is 9.28 Å². The van der Waals surface area contributed by atoms with E-state index in [1.165, 1.54) is 12.8 Å². The molecule has 1 heterocycles. The number of nitrogens with zero attached hydrogens (tertiary/aromatic N) is 2. The second kappa shape index (κ2) is 5.02. The van der Waals surface area contributed by atoms with Gasteiger partial charge < -0.3 is 14.1 Å². The van der Waals surface area contributed by atoms with Gasteiger partial charge in [0.1, 0.15) is 0 Å². The molecular weight excluding hydrogens is 226 g/mol. The van der Waals surface area contributed by atoms with Crippen LogP contribution in [0.25, 0.3) is 0 Å². The Hall–Kier alpha value is -0.483. The Balaban J connectivity index is 2.93. The molecule has 0 aliphatic carbocycles. The van der Waals surface area contributed by atoms with E-state index in [1.807, 2.05) is 0 Å². The maximum Gasteiger partial charge on any atom is 0.329 e. The van der Waals surface area contributed by atoms with Crippen molar-refractivity contribution < 1.29 is 0 Å². The molecule has 3 nitrogen and oxygen atoms in total. The highest BCUT2D eigenvalue weighted by molar-refractivity contribution is 6.51. The van der Waals surface area contributed by atoms with E-state index >= 15 is 0 Å². The SMILES string of the molecule is CCC(C)(C)N1C=CN(C(C)(C)CC)[SiH]1NC. The maximum atomic E-state index is 3.57. The van der Waals surface area contributed by atoms with Gasteiger partial charge in [0.05, 0.1) is 0 Å². The molecule has 1 aliphatic rings. The lowest BCUT2D eigenvalue weighted by atomic mass is 10.0. The lowest BCUT2D eigenvalue weighted by molar-refractivity contribution is 0.239. The van der Waals surface area contributed by atoms with E-state index in [0.717, 1.165) is 0 Å². The molecule has 1 rings (SSSR count). The van der Waals surface area contributed by atoms with Crippen molar-refractivity contribution in [2.24, 2.45) is 0 Å². The van der Waals surface area contributed by atoms with E-state index < -0.39 is 9.28 Å². The predicted octanol–water partition coefficient (Wildman–Crippen LogP) is 2.39. The van der Waals surface area contributed by atoms with E-state index in [1.54, 1.807) is 0 Å². The summed E-state index contributed by atoms with van der Waals surface area (Å²) in [6.07, 6.45) is 6.91. The summed E-state index contributed by atoms with van der Waals surface area (Å²) in [5.41, 5.74) is 0.490. The molecule has 0 aromatic heterocycles. The van der Waals surface area contributed by atoms with E-state index in [9.17, 15) is 0 Å². The van der Waals surface area contributed by atoms with Crippen LogP contribution in [0, 0.1) is 0 Å². The minimum atomic E-state index is -1.27. The Bertz CT molecular complexity index is 260. The van der Waals surface area contributed by atoms with Crippen LogP contribution in [0.15, 0.2) is 12.4 Å². The molecule has 0 aromatic rings. The molecule has 0 unspecified atom stereocenters. The monoisotopic (exact) mass is 255 g/mol. The summed E-state index contributed by atoms with van der Waals surface area (Å²) in [5, 5.41) is 0. The summed E-state index contributed by atoms with van der Waals surface area (Å²) in [5.74, 6) is 0. The number of nitrogens with one attached hydrogen (secondary N) is 1. The molecule has 0 saturated carbocycles. The fraction of sp³-hybridized carbons (Fsp3) is 0.846. The maximum absolute atomic E-state index is 3.57. The zero-order chi connectivity index (χ0) is 13.3. The van der Waals surface area contributed by atoms with Gasteiger partial charge in [-0.2, -0.15) is 0 Å². The van der Waals surface area contributed by atoms with Gasteiger partial charge in [0.25, 0.3) is 0 Å². The summed E-state index contributed by atoms with van der Waals surface area (Å²) >= 11 is 0. The van der Waals surface area contributed by atoms with Gasteiger partial charge in [0, 0.05) is 23.5 Å². The van der Waals surface area contributed by atoms with Crippen LogP contribution in [0.1, 0.15) is 54.4 Å². The van der Waals surface area contributed by atoms with Crippen LogP contribution in [0.4, 0.5) is 0 Å². The zero-order valence-corrected chi connectivity index (χ0v) is 13.7. The third kappa shape index (κ3) is 2.68. The van der Waals surface area contributed by atoms with E-state index in [2.05, 4.69) is 75.1 Å². The summed E-state index contributed by atoms with van der Waals surface area (Å²) in [7, 11) is 0.829. The smallest absolute Gasteiger partial charge is 0.329 e. The van der Waals surface area contributed by atoms with E-state index in [4.69, 9.17) is 0 Å². The Kier molecular flexibility index (Phi) is 4.31. The van der Waals surface area contributed by atoms with Gasteiger partial charge in [0.2, 0.25) is 0 Å². The Morgan fingerprint density at radius 2 is 1.29 bits per heavy atom. The van der Waals surface area contributed by atoms with Crippen LogP contribution >= 0.6 is 0 Å². The van der Waals surface area contributed by atoms with Crippen molar-refractivity contribution in [1.82, 2.24) is 14.1 Å². The first-order valence-electron chi connectivity index (χ1n) is 6.72. The first kappa shape index (κ1) is 14.6. The molecule has 0 amide bonds. The molecule has 0 spiro atoms. The average molecular weight is 255 g/mol. The average Bonchev–Trinajstić information content (AvgIpc) is 2.73. The van der Waals surface area contributed by atoms with Crippen LogP contribution in [0.5, 0.6) is 0 Å². The molecule has 0 bridgehead atoms. The van der Waals surface area contributed by atoms with Crippen molar-refractivity contribution in [3.63, 3.8) is 0 Å². The van der Waals surface area contributed by atoms with Crippen molar-refractivity contribution in [3.8, 4) is 0 Å². The second-order valence-electron chi connectivity index (χ2n) is 6.11. The van der Waals surface area contributed by atoms with Crippen molar-refractivity contribution >= 4 is 9.28 Å². The molecule has 0 fully saturated rings. The third-order valence-corrected chi connectivity index (χ3v) is 7.61. The molecule has 0 radical (unpaired) electrons.